The molecule has 0 aliphatic carbocycles. The van der Waals surface area contributed by atoms with Gasteiger partial charge in [-0.2, -0.15) is 0 Å². The molecule has 4 heterocycles. The third-order valence-electron chi connectivity index (χ3n) is 7.54. The molecule has 0 N–H and O–H groups in total. The highest BCUT2D eigenvalue weighted by Crippen LogP contribution is 2.46. The minimum atomic E-state index is -0.215. The average Bonchev–Trinajstić information content (AvgIpc) is 3.35. The number of likely N-dealkylation sites (tertiary alicyclic amines) is 1. The highest BCUT2D eigenvalue weighted by molar-refractivity contribution is 6.04. The first-order chi connectivity index (χ1) is 14.4. The van der Waals surface area contributed by atoms with Gasteiger partial charge in [-0.05, 0) is 70.2 Å². The molecule has 3 aliphatic heterocycles. The van der Waals surface area contributed by atoms with E-state index in [4.69, 9.17) is 0 Å². The summed E-state index contributed by atoms with van der Waals surface area (Å²) in [5.74, 6) is 0.0169. The fourth-order valence-corrected chi connectivity index (χ4v) is 5.82. The molecule has 0 saturated carbocycles. The van der Waals surface area contributed by atoms with Gasteiger partial charge >= 0.3 is 6.03 Å². The van der Waals surface area contributed by atoms with E-state index >= 15 is 0 Å². The van der Waals surface area contributed by atoms with Gasteiger partial charge in [0.2, 0.25) is 0 Å². The standard InChI is InChI=1S/C24H32N4O2/c1-4-26-22(29)21-13-24(16-28(21)23(26)30)9-11-25(12-10-24)14-18-15-27(17(2)3)20-8-6-5-7-19(18)20/h5-8,15,17,21H,4,9-14,16H2,1-3H3. The van der Waals surface area contributed by atoms with Crippen molar-refractivity contribution < 1.29 is 9.59 Å². The fourth-order valence-electron chi connectivity index (χ4n) is 5.82. The van der Waals surface area contributed by atoms with E-state index in [0.717, 1.165) is 45.4 Å². The SMILES string of the molecule is CCN1C(=O)C2CC3(CCN(Cc4cn(C(C)C)c5ccccc45)CC3)CN2C1=O. The molecule has 3 aliphatic rings. The number of nitrogens with zero attached hydrogens (tertiary/aromatic N) is 4. The minimum absolute atomic E-state index is 0.0169. The first-order valence-electron chi connectivity index (χ1n) is 11.4. The number of para-hydroxylation sites is 1. The number of rotatable bonds is 4. The van der Waals surface area contributed by atoms with Crippen LogP contribution >= 0.6 is 0 Å². The van der Waals surface area contributed by atoms with Gasteiger partial charge in [-0.3, -0.25) is 14.6 Å². The number of hydrogen-bond donors (Lipinski definition) is 0. The second-order valence-corrected chi connectivity index (χ2v) is 9.66. The summed E-state index contributed by atoms with van der Waals surface area (Å²) in [6.07, 6.45) is 5.29. The number of aromatic nitrogens is 1. The lowest BCUT2D eigenvalue weighted by atomic mass is 9.76. The molecule has 1 spiro atoms. The summed E-state index contributed by atoms with van der Waals surface area (Å²) in [5, 5.41) is 1.35. The smallest absolute Gasteiger partial charge is 0.327 e. The van der Waals surface area contributed by atoms with Crippen LogP contribution in [0.5, 0.6) is 0 Å². The lowest BCUT2D eigenvalue weighted by molar-refractivity contribution is -0.128. The monoisotopic (exact) mass is 408 g/mol. The van der Waals surface area contributed by atoms with Crippen LogP contribution in [0.25, 0.3) is 10.9 Å². The van der Waals surface area contributed by atoms with Crippen LogP contribution in [0.3, 0.4) is 0 Å². The maximum absolute atomic E-state index is 12.6. The van der Waals surface area contributed by atoms with Crippen molar-refractivity contribution in [2.24, 2.45) is 5.41 Å². The zero-order valence-corrected chi connectivity index (χ0v) is 18.3. The topological polar surface area (TPSA) is 48.8 Å². The number of imide groups is 1. The number of piperidine rings is 1. The summed E-state index contributed by atoms with van der Waals surface area (Å²) < 4.78 is 2.37. The molecule has 6 heteroatoms. The summed E-state index contributed by atoms with van der Waals surface area (Å²) in [4.78, 5) is 31.0. The first-order valence-corrected chi connectivity index (χ1v) is 11.4. The Labute approximate surface area is 178 Å². The summed E-state index contributed by atoms with van der Waals surface area (Å²) in [5.41, 5.74) is 2.83. The molecule has 6 nitrogen and oxygen atoms in total. The van der Waals surface area contributed by atoms with Crippen LogP contribution in [-0.2, 0) is 11.3 Å². The quantitative estimate of drug-likeness (QED) is 0.722. The maximum atomic E-state index is 12.6. The van der Waals surface area contributed by atoms with E-state index < -0.39 is 0 Å². The Hall–Kier alpha value is -2.34. The molecule has 2 aromatic rings. The Morgan fingerprint density at radius 2 is 1.87 bits per heavy atom. The number of carbonyl (C=O) groups excluding carboxylic acids is 2. The predicted octanol–water partition coefficient (Wildman–Crippen LogP) is 3.86. The Morgan fingerprint density at radius 3 is 2.53 bits per heavy atom. The van der Waals surface area contributed by atoms with Crippen molar-refractivity contribution in [2.75, 3.05) is 26.2 Å². The van der Waals surface area contributed by atoms with Crippen LogP contribution in [0.1, 0.15) is 51.6 Å². The van der Waals surface area contributed by atoms with Gasteiger partial charge in [0.25, 0.3) is 5.91 Å². The largest absolute Gasteiger partial charge is 0.345 e. The molecule has 5 rings (SSSR count). The highest BCUT2D eigenvalue weighted by atomic mass is 16.2. The van der Waals surface area contributed by atoms with Crippen molar-refractivity contribution in [1.82, 2.24) is 19.3 Å². The van der Waals surface area contributed by atoms with Crippen LogP contribution < -0.4 is 0 Å². The molecule has 1 aromatic heterocycles. The normalized spacial score (nSPS) is 24.1. The van der Waals surface area contributed by atoms with E-state index in [9.17, 15) is 9.59 Å². The molecule has 0 radical (unpaired) electrons. The molecule has 3 amide bonds. The predicted molar refractivity (Wildman–Crippen MR) is 117 cm³/mol. The summed E-state index contributed by atoms with van der Waals surface area (Å²) >= 11 is 0. The summed E-state index contributed by atoms with van der Waals surface area (Å²) in [6, 6.07) is 8.84. The average molecular weight is 409 g/mol. The van der Waals surface area contributed by atoms with Gasteiger partial charge in [0.05, 0.1) is 0 Å². The number of amides is 3. The van der Waals surface area contributed by atoms with Gasteiger partial charge in [-0.25, -0.2) is 4.79 Å². The van der Waals surface area contributed by atoms with Crippen LogP contribution in [0.2, 0.25) is 0 Å². The van der Waals surface area contributed by atoms with E-state index in [2.05, 4.69) is 53.8 Å². The third-order valence-corrected chi connectivity index (χ3v) is 7.54. The molecule has 1 atom stereocenters. The van der Waals surface area contributed by atoms with Crippen LogP contribution in [0.4, 0.5) is 4.79 Å². The van der Waals surface area contributed by atoms with Crippen molar-refractivity contribution in [3.63, 3.8) is 0 Å². The van der Waals surface area contributed by atoms with Crippen molar-refractivity contribution in [1.29, 1.82) is 0 Å². The Morgan fingerprint density at radius 1 is 1.13 bits per heavy atom. The van der Waals surface area contributed by atoms with Crippen LogP contribution in [0, 0.1) is 5.41 Å². The van der Waals surface area contributed by atoms with Crippen molar-refractivity contribution in [3.8, 4) is 0 Å². The molecule has 1 unspecified atom stereocenters. The van der Waals surface area contributed by atoms with E-state index in [1.807, 2.05) is 11.8 Å². The highest BCUT2D eigenvalue weighted by Gasteiger charge is 2.55. The zero-order chi connectivity index (χ0) is 21.0. The number of hydrogen-bond acceptors (Lipinski definition) is 3. The van der Waals surface area contributed by atoms with Gasteiger partial charge < -0.3 is 9.47 Å². The minimum Gasteiger partial charge on any atom is -0.345 e. The lowest BCUT2D eigenvalue weighted by Gasteiger charge is -2.39. The fraction of sp³-hybridized carbons (Fsp3) is 0.583. The van der Waals surface area contributed by atoms with E-state index in [1.54, 1.807) is 0 Å². The van der Waals surface area contributed by atoms with E-state index in [0.29, 0.717) is 12.6 Å². The number of carbonyl (C=O) groups is 2. The molecule has 0 bridgehead atoms. The summed E-state index contributed by atoms with van der Waals surface area (Å²) in [6.45, 7) is 10.6. The number of fused-ring (bicyclic) bond motifs is 2. The van der Waals surface area contributed by atoms with Crippen LogP contribution in [-0.4, -0.2) is 63.4 Å². The Balaban J connectivity index is 1.28. The van der Waals surface area contributed by atoms with Crippen molar-refractivity contribution in [3.05, 3.63) is 36.0 Å². The zero-order valence-electron chi connectivity index (χ0n) is 18.3. The lowest BCUT2D eigenvalue weighted by Crippen LogP contribution is -2.43. The Bertz CT molecular complexity index is 960. The van der Waals surface area contributed by atoms with Gasteiger partial charge in [-0.1, -0.05) is 18.2 Å². The molecule has 3 fully saturated rings. The van der Waals surface area contributed by atoms with Gasteiger partial charge in [0, 0.05) is 42.8 Å². The van der Waals surface area contributed by atoms with E-state index in [-0.39, 0.29) is 23.4 Å². The summed E-state index contributed by atoms with van der Waals surface area (Å²) in [7, 11) is 0. The van der Waals surface area contributed by atoms with E-state index in [1.165, 1.54) is 21.4 Å². The van der Waals surface area contributed by atoms with Gasteiger partial charge in [-0.15, -0.1) is 0 Å². The van der Waals surface area contributed by atoms with Crippen molar-refractivity contribution in [2.45, 2.75) is 58.7 Å². The molecular formula is C24H32N4O2. The second kappa shape index (κ2) is 7.12. The second-order valence-electron chi connectivity index (χ2n) is 9.66. The first kappa shape index (κ1) is 19.6. The Kier molecular flexibility index (Phi) is 4.65. The van der Waals surface area contributed by atoms with Gasteiger partial charge in [0.1, 0.15) is 6.04 Å². The van der Waals surface area contributed by atoms with Crippen LogP contribution in [0.15, 0.2) is 30.5 Å². The molecule has 3 saturated heterocycles. The number of likely N-dealkylation sites (N-methyl/N-ethyl adjacent to an activating group) is 1. The molecular weight excluding hydrogens is 376 g/mol. The molecule has 30 heavy (non-hydrogen) atoms. The maximum Gasteiger partial charge on any atom is 0.327 e. The number of urea groups is 1. The molecule has 160 valence electrons. The molecule has 1 aromatic carbocycles. The number of benzene rings is 1. The van der Waals surface area contributed by atoms with Gasteiger partial charge in [0.15, 0.2) is 0 Å². The van der Waals surface area contributed by atoms with Crippen molar-refractivity contribution >= 4 is 22.8 Å². The third kappa shape index (κ3) is 2.96.